The number of hydrogen-bond acceptors (Lipinski definition) is 7. The third kappa shape index (κ3) is 4.92. The first-order valence-corrected chi connectivity index (χ1v) is 8.88. The van der Waals surface area contributed by atoms with Crippen molar-refractivity contribution in [3.63, 3.8) is 0 Å². The second-order valence-electron chi connectivity index (χ2n) is 5.14. The number of anilines is 1. The quantitative estimate of drug-likeness (QED) is 0.669. The summed E-state index contributed by atoms with van der Waals surface area (Å²) >= 11 is 0. The Balaban J connectivity index is 1.90. The molecule has 1 aromatic heterocycles. The monoisotopic (exact) mass is 328 g/mol. The summed E-state index contributed by atoms with van der Waals surface area (Å²) in [5.41, 5.74) is 0.216. The normalized spacial score (nSPS) is 19.8. The van der Waals surface area contributed by atoms with Gasteiger partial charge in [-0.3, -0.25) is 4.79 Å². The van der Waals surface area contributed by atoms with E-state index >= 15 is 0 Å². The van der Waals surface area contributed by atoms with E-state index in [4.69, 9.17) is 4.74 Å². The Morgan fingerprint density at radius 2 is 2.27 bits per heavy atom. The van der Waals surface area contributed by atoms with E-state index in [2.05, 4.69) is 20.6 Å². The fourth-order valence-electron chi connectivity index (χ4n) is 2.18. The molecule has 0 aliphatic carbocycles. The Bertz CT molecular complexity index is 620. The minimum absolute atomic E-state index is 0.00799. The maximum atomic E-state index is 12.1. The maximum absolute atomic E-state index is 12.1. The second kappa shape index (κ2) is 7.50. The molecule has 0 bridgehead atoms. The molecular weight excluding hydrogens is 308 g/mol. The topological polar surface area (TPSA) is 110 Å². The molecule has 8 nitrogen and oxygen atoms in total. The zero-order valence-electron chi connectivity index (χ0n) is 12.4. The van der Waals surface area contributed by atoms with Crippen LogP contribution in [0.3, 0.4) is 0 Å². The van der Waals surface area contributed by atoms with Crippen LogP contribution < -0.4 is 10.6 Å². The standard InChI is InChI=1S/C13H20N4O4S/c1-21-5-2-4-14-12-7-11(15-9-16-12)13(18)17-10-3-6-22(19,20)8-10/h7,9-10H,2-6,8H2,1H3,(H,17,18)(H,14,15,16). The molecule has 2 rings (SSSR count). The van der Waals surface area contributed by atoms with Gasteiger partial charge in [-0.25, -0.2) is 18.4 Å². The summed E-state index contributed by atoms with van der Waals surface area (Å²) in [5, 5.41) is 5.77. The van der Waals surface area contributed by atoms with Gasteiger partial charge >= 0.3 is 0 Å². The summed E-state index contributed by atoms with van der Waals surface area (Å²) in [5.74, 6) is 0.278. The lowest BCUT2D eigenvalue weighted by Gasteiger charge is -2.11. The predicted octanol–water partition coefficient (Wildman–Crippen LogP) is -0.158. The van der Waals surface area contributed by atoms with E-state index in [0.717, 1.165) is 6.42 Å². The van der Waals surface area contributed by atoms with Gasteiger partial charge in [0.1, 0.15) is 17.8 Å². The van der Waals surface area contributed by atoms with Gasteiger partial charge in [-0.1, -0.05) is 0 Å². The van der Waals surface area contributed by atoms with E-state index in [-0.39, 0.29) is 29.1 Å². The fourth-order valence-corrected chi connectivity index (χ4v) is 3.85. The SMILES string of the molecule is COCCCNc1cc(C(=O)NC2CCS(=O)(=O)C2)ncn1. The first-order chi connectivity index (χ1) is 10.5. The molecule has 22 heavy (non-hydrogen) atoms. The number of amides is 1. The van der Waals surface area contributed by atoms with E-state index in [9.17, 15) is 13.2 Å². The zero-order chi connectivity index (χ0) is 16.0. The third-order valence-corrected chi connectivity index (χ3v) is 5.07. The van der Waals surface area contributed by atoms with Crippen molar-refractivity contribution in [3.8, 4) is 0 Å². The van der Waals surface area contributed by atoms with Gasteiger partial charge in [-0.05, 0) is 12.8 Å². The lowest BCUT2D eigenvalue weighted by atomic mass is 10.2. The summed E-state index contributed by atoms with van der Waals surface area (Å²) in [7, 11) is -1.39. The van der Waals surface area contributed by atoms with Crippen molar-refractivity contribution < 1.29 is 17.9 Å². The van der Waals surface area contributed by atoms with Crippen LogP contribution in [0.5, 0.6) is 0 Å². The van der Waals surface area contributed by atoms with Crippen LogP contribution in [0.2, 0.25) is 0 Å². The van der Waals surface area contributed by atoms with Gasteiger partial charge in [-0.2, -0.15) is 0 Å². The zero-order valence-corrected chi connectivity index (χ0v) is 13.2. The Morgan fingerprint density at radius 1 is 1.45 bits per heavy atom. The van der Waals surface area contributed by atoms with Crippen LogP contribution in [-0.4, -0.2) is 62.1 Å². The van der Waals surface area contributed by atoms with Crippen molar-refractivity contribution in [2.75, 3.05) is 37.1 Å². The van der Waals surface area contributed by atoms with Gasteiger partial charge in [0.25, 0.3) is 5.91 Å². The van der Waals surface area contributed by atoms with Crippen LogP contribution in [0.4, 0.5) is 5.82 Å². The van der Waals surface area contributed by atoms with E-state index in [1.807, 2.05) is 0 Å². The van der Waals surface area contributed by atoms with Crippen LogP contribution in [0.1, 0.15) is 23.3 Å². The number of sulfone groups is 1. The highest BCUT2D eigenvalue weighted by Gasteiger charge is 2.29. The highest BCUT2D eigenvalue weighted by atomic mass is 32.2. The van der Waals surface area contributed by atoms with Crippen molar-refractivity contribution in [2.24, 2.45) is 0 Å². The number of carbonyl (C=O) groups excluding carboxylic acids is 1. The fraction of sp³-hybridized carbons (Fsp3) is 0.615. The molecule has 1 unspecified atom stereocenters. The molecule has 0 spiro atoms. The Hall–Kier alpha value is -1.74. The van der Waals surface area contributed by atoms with Crippen molar-refractivity contribution >= 4 is 21.6 Å². The van der Waals surface area contributed by atoms with Crippen LogP contribution in [0.15, 0.2) is 12.4 Å². The van der Waals surface area contributed by atoms with E-state index in [1.165, 1.54) is 6.33 Å². The smallest absolute Gasteiger partial charge is 0.270 e. The van der Waals surface area contributed by atoms with E-state index in [0.29, 0.717) is 25.4 Å². The molecule has 0 radical (unpaired) electrons. The number of methoxy groups -OCH3 is 1. The van der Waals surface area contributed by atoms with Gasteiger partial charge in [0.15, 0.2) is 9.84 Å². The summed E-state index contributed by atoms with van der Waals surface area (Å²) in [6.45, 7) is 1.31. The summed E-state index contributed by atoms with van der Waals surface area (Å²) in [4.78, 5) is 20.1. The number of hydrogen-bond donors (Lipinski definition) is 2. The van der Waals surface area contributed by atoms with E-state index < -0.39 is 9.84 Å². The molecular formula is C13H20N4O4S. The molecule has 1 aromatic rings. The number of rotatable bonds is 7. The number of nitrogens with one attached hydrogen (secondary N) is 2. The van der Waals surface area contributed by atoms with Gasteiger partial charge in [0.2, 0.25) is 0 Å². The molecule has 1 aliphatic heterocycles. The average molecular weight is 328 g/mol. The summed E-state index contributed by atoms with van der Waals surface area (Å²) < 4.78 is 27.7. The second-order valence-corrected chi connectivity index (χ2v) is 7.36. The maximum Gasteiger partial charge on any atom is 0.270 e. The van der Waals surface area contributed by atoms with Crippen molar-refractivity contribution in [1.29, 1.82) is 0 Å². The van der Waals surface area contributed by atoms with Crippen LogP contribution in [-0.2, 0) is 14.6 Å². The Kier molecular flexibility index (Phi) is 5.67. The number of nitrogens with zero attached hydrogens (tertiary/aromatic N) is 2. The first-order valence-electron chi connectivity index (χ1n) is 7.06. The molecule has 9 heteroatoms. The number of ether oxygens (including phenoxy) is 1. The van der Waals surface area contributed by atoms with Crippen molar-refractivity contribution in [1.82, 2.24) is 15.3 Å². The molecule has 1 aliphatic rings. The molecule has 1 fully saturated rings. The number of aromatic nitrogens is 2. The third-order valence-electron chi connectivity index (χ3n) is 3.30. The Morgan fingerprint density at radius 3 is 2.95 bits per heavy atom. The Labute approximate surface area is 129 Å². The van der Waals surface area contributed by atoms with Crippen LogP contribution in [0.25, 0.3) is 0 Å². The summed E-state index contributed by atoms with van der Waals surface area (Å²) in [6, 6.07) is 1.21. The highest BCUT2D eigenvalue weighted by molar-refractivity contribution is 7.91. The molecule has 1 amide bonds. The highest BCUT2D eigenvalue weighted by Crippen LogP contribution is 2.12. The summed E-state index contributed by atoms with van der Waals surface area (Å²) in [6.07, 6.45) is 2.57. The molecule has 0 saturated carbocycles. The van der Waals surface area contributed by atoms with Gasteiger partial charge in [0.05, 0.1) is 11.5 Å². The lowest BCUT2D eigenvalue weighted by molar-refractivity contribution is 0.0936. The minimum Gasteiger partial charge on any atom is -0.385 e. The van der Waals surface area contributed by atoms with E-state index in [1.54, 1.807) is 13.2 Å². The van der Waals surface area contributed by atoms with Gasteiger partial charge in [-0.15, -0.1) is 0 Å². The van der Waals surface area contributed by atoms with Crippen LogP contribution >= 0.6 is 0 Å². The van der Waals surface area contributed by atoms with Gasteiger partial charge in [0, 0.05) is 32.4 Å². The molecule has 122 valence electrons. The molecule has 2 N–H and O–H groups in total. The largest absolute Gasteiger partial charge is 0.385 e. The molecule has 0 aromatic carbocycles. The first kappa shape index (κ1) is 16.6. The van der Waals surface area contributed by atoms with Crippen molar-refractivity contribution in [2.45, 2.75) is 18.9 Å². The molecule has 2 heterocycles. The van der Waals surface area contributed by atoms with Crippen molar-refractivity contribution in [3.05, 3.63) is 18.1 Å². The van der Waals surface area contributed by atoms with Crippen LogP contribution in [0, 0.1) is 0 Å². The molecule has 1 saturated heterocycles. The number of carbonyl (C=O) groups is 1. The molecule has 1 atom stereocenters. The minimum atomic E-state index is -3.02. The van der Waals surface area contributed by atoms with Gasteiger partial charge < -0.3 is 15.4 Å². The average Bonchev–Trinajstić information content (AvgIpc) is 2.83. The lowest BCUT2D eigenvalue weighted by Crippen LogP contribution is -2.36. The predicted molar refractivity (Wildman–Crippen MR) is 81.5 cm³/mol.